The zero-order valence-electron chi connectivity index (χ0n) is 10.1. The van der Waals surface area contributed by atoms with Crippen LogP contribution in [0.4, 0.5) is 0 Å². The van der Waals surface area contributed by atoms with Crippen LogP contribution in [0.5, 0.6) is 0 Å². The number of hydrogen-bond acceptors (Lipinski definition) is 5. The Morgan fingerprint density at radius 1 is 1.53 bits per heavy atom. The van der Waals surface area contributed by atoms with Crippen LogP contribution in [-0.4, -0.2) is 53.5 Å². The maximum absolute atomic E-state index is 10.9. The Morgan fingerprint density at radius 3 is 2.53 bits per heavy atom. The molecule has 0 amide bonds. The maximum atomic E-state index is 10.9. The highest BCUT2D eigenvalue weighted by Gasteiger charge is 2.47. The second kappa shape index (κ2) is 5.14. The van der Waals surface area contributed by atoms with Gasteiger partial charge in [-0.2, -0.15) is 0 Å². The van der Waals surface area contributed by atoms with Crippen molar-refractivity contribution in [3.8, 4) is 0 Å². The van der Waals surface area contributed by atoms with Gasteiger partial charge in [-0.15, -0.1) is 6.58 Å². The number of carboxylic acid groups (broad SMARTS) is 1. The third kappa shape index (κ3) is 3.04. The van der Waals surface area contributed by atoms with E-state index in [1.54, 1.807) is 13.8 Å². The lowest BCUT2D eigenvalue weighted by Gasteiger charge is -2.25. The van der Waals surface area contributed by atoms with E-state index in [2.05, 4.69) is 6.58 Å². The Balaban J connectivity index is 2.83. The van der Waals surface area contributed by atoms with Crippen LogP contribution >= 0.6 is 0 Å². The summed E-state index contributed by atoms with van der Waals surface area (Å²) in [6.45, 7) is 6.93. The van der Waals surface area contributed by atoms with Crippen molar-refractivity contribution in [1.29, 1.82) is 0 Å². The van der Waals surface area contributed by atoms with E-state index >= 15 is 0 Å². The van der Waals surface area contributed by atoms with Crippen LogP contribution in [0.15, 0.2) is 12.7 Å². The van der Waals surface area contributed by atoms with E-state index in [0.29, 0.717) is 0 Å². The van der Waals surface area contributed by atoms with Crippen molar-refractivity contribution in [3.63, 3.8) is 0 Å². The minimum absolute atomic E-state index is 0.572. The van der Waals surface area contributed by atoms with Gasteiger partial charge in [0.1, 0.15) is 18.3 Å². The third-order valence-corrected chi connectivity index (χ3v) is 2.54. The summed E-state index contributed by atoms with van der Waals surface area (Å²) in [7, 11) is 1.21. The summed E-state index contributed by atoms with van der Waals surface area (Å²) in [4.78, 5) is 10.9. The van der Waals surface area contributed by atoms with Crippen LogP contribution in [0, 0.1) is 0 Å². The molecule has 1 aliphatic rings. The molecule has 0 radical (unpaired) electrons. The quantitative estimate of drug-likeness (QED) is 0.672. The number of methoxy groups -OCH3 is 1. The van der Waals surface area contributed by atoms with Crippen molar-refractivity contribution in [1.82, 2.24) is 0 Å². The predicted molar refractivity (Wildman–Crippen MR) is 58.5 cm³/mol. The summed E-state index contributed by atoms with van der Waals surface area (Å²) in [5.41, 5.74) is 0. The molecular weight excluding hydrogens is 228 g/mol. The van der Waals surface area contributed by atoms with Crippen LogP contribution in [0.3, 0.4) is 0 Å². The summed E-state index contributed by atoms with van der Waals surface area (Å²) >= 11 is 0. The Kier molecular flexibility index (Phi) is 4.26. The van der Waals surface area contributed by atoms with Gasteiger partial charge in [-0.05, 0) is 13.8 Å². The van der Waals surface area contributed by atoms with E-state index in [0.717, 1.165) is 0 Å². The van der Waals surface area contributed by atoms with Gasteiger partial charge in [-0.25, -0.2) is 4.79 Å². The first-order valence-corrected chi connectivity index (χ1v) is 5.24. The van der Waals surface area contributed by atoms with E-state index in [-0.39, 0.29) is 0 Å². The predicted octanol–water partition coefficient (Wildman–Crippen LogP) is 0.153. The monoisotopic (exact) mass is 246 g/mol. The molecule has 98 valence electrons. The molecule has 6 heteroatoms. The summed E-state index contributed by atoms with van der Waals surface area (Å²) in [5, 5.41) is 18.8. The third-order valence-electron chi connectivity index (χ3n) is 2.54. The standard InChI is InChI=1S/C11H18O6/c1-5-6-8(17-11(2,3)16-6)7(12)9(15-4)10(13)14/h5-9,12H,1H2,2-4H3,(H,13,14)/t6-,7-,8+,9-/m1/s1. The molecule has 1 saturated heterocycles. The van der Waals surface area contributed by atoms with Gasteiger partial charge >= 0.3 is 5.97 Å². The van der Waals surface area contributed by atoms with Crippen molar-refractivity contribution < 1.29 is 29.2 Å². The van der Waals surface area contributed by atoms with Crippen LogP contribution < -0.4 is 0 Å². The van der Waals surface area contributed by atoms with Crippen LogP contribution in [0.2, 0.25) is 0 Å². The van der Waals surface area contributed by atoms with Crippen molar-refractivity contribution in [2.24, 2.45) is 0 Å². The maximum Gasteiger partial charge on any atom is 0.335 e. The minimum atomic E-state index is -1.36. The van der Waals surface area contributed by atoms with Gasteiger partial charge in [0.2, 0.25) is 0 Å². The molecule has 0 aromatic rings. The van der Waals surface area contributed by atoms with Gasteiger partial charge in [-0.1, -0.05) is 6.08 Å². The highest BCUT2D eigenvalue weighted by molar-refractivity contribution is 5.73. The molecule has 17 heavy (non-hydrogen) atoms. The van der Waals surface area contributed by atoms with E-state index < -0.39 is 36.2 Å². The van der Waals surface area contributed by atoms with Crippen LogP contribution in [0.25, 0.3) is 0 Å². The average molecular weight is 246 g/mol. The molecule has 1 rings (SSSR count). The topological polar surface area (TPSA) is 85.2 Å². The number of aliphatic hydroxyl groups is 1. The number of carboxylic acids is 1. The van der Waals surface area contributed by atoms with Gasteiger partial charge in [0.25, 0.3) is 0 Å². The minimum Gasteiger partial charge on any atom is -0.479 e. The van der Waals surface area contributed by atoms with E-state index in [1.165, 1.54) is 13.2 Å². The zero-order valence-corrected chi connectivity index (χ0v) is 10.1. The number of aliphatic carboxylic acids is 1. The highest BCUT2D eigenvalue weighted by atomic mass is 16.8. The van der Waals surface area contributed by atoms with Gasteiger partial charge in [0.15, 0.2) is 11.9 Å². The molecule has 2 N–H and O–H groups in total. The molecule has 6 nitrogen and oxygen atoms in total. The zero-order chi connectivity index (χ0) is 13.2. The average Bonchev–Trinajstić information content (AvgIpc) is 2.54. The van der Waals surface area contributed by atoms with E-state index in [9.17, 15) is 9.90 Å². The first-order chi connectivity index (χ1) is 7.82. The fourth-order valence-corrected chi connectivity index (χ4v) is 1.82. The Bertz CT molecular complexity index is 300. The fourth-order valence-electron chi connectivity index (χ4n) is 1.82. The summed E-state index contributed by atoms with van der Waals surface area (Å²) in [6.07, 6.45) is -2.61. The van der Waals surface area contributed by atoms with Crippen LogP contribution in [0.1, 0.15) is 13.8 Å². The number of ether oxygens (including phenoxy) is 3. The second-order valence-corrected chi connectivity index (χ2v) is 4.29. The molecule has 1 heterocycles. The largest absolute Gasteiger partial charge is 0.479 e. The first kappa shape index (κ1) is 14.1. The molecule has 0 aromatic heterocycles. The molecule has 0 spiro atoms. The molecule has 0 aliphatic carbocycles. The van der Waals surface area contributed by atoms with E-state index in [1.807, 2.05) is 0 Å². The molecule has 1 aliphatic heterocycles. The SMILES string of the molecule is C=C[C@H]1OC(C)(C)O[C@@H]1[C@@H](O)[C@@H](OC)C(=O)O. The van der Waals surface area contributed by atoms with Gasteiger partial charge in [0.05, 0.1) is 0 Å². The number of hydrogen-bond donors (Lipinski definition) is 2. The van der Waals surface area contributed by atoms with Crippen LogP contribution in [-0.2, 0) is 19.0 Å². The molecule has 0 saturated carbocycles. The van der Waals surface area contributed by atoms with Gasteiger partial charge < -0.3 is 24.4 Å². The molecule has 4 atom stereocenters. The molecule has 0 unspecified atom stereocenters. The van der Waals surface area contributed by atoms with Crippen molar-refractivity contribution in [3.05, 3.63) is 12.7 Å². The Hall–Kier alpha value is -0.950. The Labute approximate surface area is 99.8 Å². The number of carbonyl (C=O) groups is 1. The highest BCUT2D eigenvalue weighted by Crippen LogP contribution is 2.31. The van der Waals surface area contributed by atoms with Gasteiger partial charge in [-0.3, -0.25) is 0 Å². The number of aliphatic hydroxyl groups excluding tert-OH is 1. The lowest BCUT2D eigenvalue weighted by Crippen LogP contribution is -2.47. The number of rotatable bonds is 5. The first-order valence-electron chi connectivity index (χ1n) is 5.24. The van der Waals surface area contributed by atoms with Gasteiger partial charge in [0, 0.05) is 7.11 Å². The summed E-state index contributed by atoms with van der Waals surface area (Å²) < 4.78 is 15.6. The Morgan fingerprint density at radius 2 is 2.12 bits per heavy atom. The molecule has 1 fully saturated rings. The second-order valence-electron chi connectivity index (χ2n) is 4.29. The molecule has 0 aromatic carbocycles. The molecular formula is C11H18O6. The van der Waals surface area contributed by atoms with E-state index in [4.69, 9.17) is 19.3 Å². The van der Waals surface area contributed by atoms with Crippen molar-refractivity contribution in [2.75, 3.05) is 7.11 Å². The fraction of sp³-hybridized carbons (Fsp3) is 0.727. The lowest BCUT2D eigenvalue weighted by molar-refractivity contribution is -0.176. The summed E-state index contributed by atoms with van der Waals surface area (Å²) in [6, 6.07) is 0. The molecule has 0 bridgehead atoms. The van der Waals surface area contributed by atoms with Crippen molar-refractivity contribution >= 4 is 5.97 Å². The normalized spacial score (nSPS) is 30.8. The smallest absolute Gasteiger partial charge is 0.335 e. The lowest BCUT2D eigenvalue weighted by atomic mass is 10.0. The van der Waals surface area contributed by atoms with Crippen molar-refractivity contribution in [2.45, 2.75) is 44.1 Å². The summed E-state index contributed by atoms with van der Waals surface area (Å²) in [5.74, 6) is -2.14.